The van der Waals surface area contributed by atoms with Crippen LogP contribution in [0.25, 0.3) is 11.1 Å². The highest BCUT2D eigenvalue weighted by atomic mass is 16.7. The number of benzene rings is 3. The van der Waals surface area contributed by atoms with E-state index < -0.39 is 6.09 Å². The van der Waals surface area contributed by atoms with Crippen molar-refractivity contribution in [2.24, 2.45) is 5.16 Å². The third-order valence-corrected chi connectivity index (χ3v) is 3.96. The number of hydrogen-bond donors (Lipinski definition) is 1. The minimum atomic E-state index is -0.628. The van der Waals surface area contributed by atoms with Gasteiger partial charge in [0, 0.05) is 5.69 Å². The zero-order valence-corrected chi connectivity index (χ0v) is 14.6. The molecule has 0 atom stereocenters. The maximum atomic E-state index is 11.8. The van der Waals surface area contributed by atoms with Crippen LogP contribution in [0.2, 0.25) is 0 Å². The highest BCUT2D eigenvalue weighted by Gasteiger charge is 2.03. The van der Waals surface area contributed by atoms with E-state index in [9.17, 15) is 4.79 Å². The van der Waals surface area contributed by atoms with E-state index >= 15 is 0 Å². The number of anilines is 1. The zero-order valence-electron chi connectivity index (χ0n) is 14.6. The number of carbonyl (C=O) groups is 1. The van der Waals surface area contributed by atoms with Crippen LogP contribution in [0, 0.1) is 0 Å². The number of amides is 1. The molecule has 0 unspecified atom stereocenters. The molecule has 0 radical (unpaired) electrons. The number of nitrogens with zero attached hydrogens (tertiary/aromatic N) is 1. The van der Waals surface area contributed by atoms with Crippen LogP contribution in [-0.4, -0.2) is 12.3 Å². The summed E-state index contributed by atoms with van der Waals surface area (Å²) in [5, 5.41) is 6.33. The van der Waals surface area contributed by atoms with Gasteiger partial charge in [0.2, 0.25) is 0 Å². The van der Waals surface area contributed by atoms with Crippen LogP contribution in [0.4, 0.5) is 10.5 Å². The largest absolute Gasteiger partial charge is 0.437 e. The van der Waals surface area contributed by atoms with E-state index in [-0.39, 0.29) is 0 Å². The smallest absolute Gasteiger partial charge is 0.298 e. The summed E-state index contributed by atoms with van der Waals surface area (Å²) >= 11 is 0. The molecule has 4 nitrogen and oxygen atoms in total. The Kier molecular flexibility index (Phi) is 5.78. The van der Waals surface area contributed by atoms with Gasteiger partial charge >= 0.3 is 6.09 Å². The van der Waals surface area contributed by atoms with Crippen LogP contribution < -0.4 is 5.32 Å². The van der Waals surface area contributed by atoms with Gasteiger partial charge in [-0.25, -0.2) is 4.79 Å². The van der Waals surface area contributed by atoms with Gasteiger partial charge < -0.3 is 0 Å². The molecule has 0 saturated heterocycles. The molecule has 130 valence electrons. The SMILES string of the molecule is CCc1ccc(-c2ccc(NC(=O)ON=Cc3ccccc3)cc2)cc1. The molecule has 1 N–H and O–H groups in total. The van der Waals surface area contributed by atoms with Crippen LogP contribution >= 0.6 is 0 Å². The molecule has 3 aromatic rings. The zero-order chi connectivity index (χ0) is 18.2. The summed E-state index contributed by atoms with van der Waals surface area (Å²) < 4.78 is 0. The van der Waals surface area contributed by atoms with Gasteiger partial charge in [-0.2, -0.15) is 0 Å². The Balaban J connectivity index is 1.56. The summed E-state index contributed by atoms with van der Waals surface area (Å²) in [7, 11) is 0. The van der Waals surface area contributed by atoms with Crippen LogP contribution in [0.1, 0.15) is 18.1 Å². The van der Waals surface area contributed by atoms with Crippen molar-refractivity contribution in [2.45, 2.75) is 13.3 Å². The van der Waals surface area contributed by atoms with E-state index in [1.807, 2.05) is 54.6 Å². The fourth-order valence-electron chi connectivity index (χ4n) is 2.49. The lowest BCUT2D eigenvalue weighted by atomic mass is 10.0. The minimum Gasteiger partial charge on any atom is -0.298 e. The third-order valence-electron chi connectivity index (χ3n) is 3.96. The van der Waals surface area contributed by atoms with Gasteiger partial charge in [-0.1, -0.05) is 78.8 Å². The standard InChI is InChI=1S/C22H20N2O2/c1-2-17-8-10-19(11-9-17)20-12-14-21(15-13-20)24-22(25)26-23-16-18-6-4-3-5-7-18/h3-16H,2H2,1H3,(H,24,25). The summed E-state index contributed by atoms with van der Waals surface area (Å²) in [4.78, 5) is 16.6. The van der Waals surface area contributed by atoms with Gasteiger partial charge in [-0.3, -0.25) is 10.2 Å². The summed E-state index contributed by atoms with van der Waals surface area (Å²) in [6.07, 6.45) is 1.89. The van der Waals surface area contributed by atoms with Crippen LogP contribution in [0.3, 0.4) is 0 Å². The fourth-order valence-corrected chi connectivity index (χ4v) is 2.49. The molecule has 0 bridgehead atoms. The number of hydrogen-bond acceptors (Lipinski definition) is 3. The van der Waals surface area contributed by atoms with Gasteiger partial charge in [-0.15, -0.1) is 0 Å². The Morgan fingerprint density at radius 2 is 1.54 bits per heavy atom. The second kappa shape index (κ2) is 8.62. The summed E-state index contributed by atoms with van der Waals surface area (Å²) in [5.41, 5.74) is 5.06. The molecule has 1 amide bonds. The van der Waals surface area contributed by atoms with E-state index in [1.54, 1.807) is 0 Å². The normalized spacial score (nSPS) is 10.7. The molecular formula is C22H20N2O2. The molecule has 0 spiro atoms. The van der Waals surface area contributed by atoms with Crippen molar-refractivity contribution >= 4 is 18.0 Å². The predicted octanol–water partition coefficient (Wildman–Crippen LogP) is 5.50. The average molecular weight is 344 g/mol. The first-order valence-electron chi connectivity index (χ1n) is 8.50. The highest BCUT2D eigenvalue weighted by Crippen LogP contribution is 2.22. The molecule has 0 aliphatic heterocycles. The molecule has 0 heterocycles. The van der Waals surface area contributed by atoms with Gasteiger partial charge in [-0.05, 0) is 40.8 Å². The fraction of sp³-hybridized carbons (Fsp3) is 0.0909. The van der Waals surface area contributed by atoms with Gasteiger partial charge in [0.15, 0.2) is 0 Å². The monoisotopic (exact) mass is 344 g/mol. The Labute approximate surface area is 153 Å². The molecule has 26 heavy (non-hydrogen) atoms. The number of oxime groups is 1. The van der Waals surface area contributed by atoms with Crippen molar-refractivity contribution in [1.29, 1.82) is 0 Å². The molecule has 0 aliphatic rings. The molecule has 3 aromatic carbocycles. The number of aryl methyl sites for hydroxylation is 1. The topological polar surface area (TPSA) is 50.7 Å². The number of nitrogens with one attached hydrogen (secondary N) is 1. The molecule has 0 aliphatic carbocycles. The summed E-state index contributed by atoms with van der Waals surface area (Å²) in [5.74, 6) is 0. The molecule has 0 aromatic heterocycles. The van der Waals surface area contributed by atoms with Crippen molar-refractivity contribution in [3.8, 4) is 11.1 Å². The van der Waals surface area contributed by atoms with Gasteiger partial charge in [0.25, 0.3) is 0 Å². The van der Waals surface area contributed by atoms with E-state index in [0.29, 0.717) is 5.69 Å². The lowest BCUT2D eigenvalue weighted by Gasteiger charge is -2.06. The molecule has 0 fully saturated rings. The molecule has 0 saturated carbocycles. The quantitative estimate of drug-likeness (QED) is 0.377. The summed E-state index contributed by atoms with van der Waals surface area (Å²) in [6.45, 7) is 2.14. The van der Waals surface area contributed by atoms with Crippen LogP contribution in [0.15, 0.2) is 84.0 Å². The van der Waals surface area contributed by atoms with Crippen molar-refractivity contribution < 1.29 is 9.63 Å². The summed E-state index contributed by atoms with van der Waals surface area (Å²) in [6, 6.07) is 25.5. The Morgan fingerprint density at radius 3 is 2.15 bits per heavy atom. The Morgan fingerprint density at radius 1 is 0.923 bits per heavy atom. The Bertz CT molecular complexity index is 870. The van der Waals surface area contributed by atoms with E-state index in [2.05, 4.69) is 41.7 Å². The molecular weight excluding hydrogens is 324 g/mol. The van der Waals surface area contributed by atoms with Crippen LogP contribution in [-0.2, 0) is 11.3 Å². The van der Waals surface area contributed by atoms with E-state index in [4.69, 9.17) is 4.84 Å². The predicted molar refractivity (Wildman–Crippen MR) is 105 cm³/mol. The van der Waals surface area contributed by atoms with Crippen LogP contribution in [0.5, 0.6) is 0 Å². The molecule has 4 heteroatoms. The van der Waals surface area contributed by atoms with Crippen molar-refractivity contribution in [3.05, 3.63) is 90.0 Å². The minimum absolute atomic E-state index is 0.628. The van der Waals surface area contributed by atoms with E-state index in [0.717, 1.165) is 23.1 Å². The first kappa shape index (κ1) is 17.4. The van der Waals surface area contributed by atoms with Crippen molar-refractivity contribution in [3.63, 3.8) is 0 Å². The second-order valence-corrected chi connectivity index (χ2v) is 5.78. The van der Waals surface area contributed by atoms with Gasteiger partial charge in [0.1, 0.15) is 0 Å². The highest BCUT2D eigenvalue weighted by molar-refractivity contribution is 5.86. The van der Waals surface area contributed by atoms with E-state index in [1.165, 1.54) is 11.8 Å². The first-order valence-corrected chi connectivity index (χ1v) is 8.50. The van der Waals surface area contributed by atoms with Crippen molar-refractivity contribution in [1.82, 2.24) is 0 Å². The third kappa shape index (κ3) is 4.80. The van der Waals surface area contributed by atoms with Crippen molar-refractivity contribution in [2.75, 3.05) is 5.32 Å². The maximum Gasteiger partial charge on any atom is 0.437 e. The number of carbonyl (C=O) groups excluding carboxylic acids is 1. The Hall–Kier alpha value is -3.40. The number of rotatable bonds is 5. The first-order chi connectivity index (χ1) is 12.7. The van der Waals surface area contributed by atoms with Gasteiger partial charge in [0.05, 0.1) is 6.21 Å². The molecule has 3 rings (SSSR count). The average Bonchev–Trinajstić information content (AvgIpc) is 2.69. The lowest BCUT2D eigenvalue weighted by Crippen LogP contribution is -2.10. The maximum absolute atomic E-state index is 11.8. The second-order valence-electron chi connectivity index (χ2n) is 5.78. The lowest BCUT2D eigenvalue weighted by molar-refractivity contribution is 0.167.